The third-order valence-electron chi connectivity index (χ3n) is 3.26. The lowest BCUT2D eigenvalue weighted by atomic mass is 9.89. The lowest BCUT2D eigenvalue weighted by molar-refractivity contribution is 0.0978. The quantitative estimate of drug-likeness (QED) is 0.775. The van der Waals surface area contributed by atoms with Crippen LogP contribution in [0.3, 0.4) is 0 Å². The molecule has 0 saturated carbocycles. The second kappa shape index (κ2) is 6.02. The molecule has 1 atom stereocenters. The molecule has 3 heteroatoms. The van der Waals surface area contributed by atoms with Crippen molar-refractivity contribution < 1.29 is 4.79 Å². The van der Waals surface area contributed by atoms with Crippen molar-refractivity contribution >= 4 is 21.7 Å². The molecule has 0 bridgehead atoms. The van der Waals surface area contributed by atoms with Crippen LogP contribution < -0.4 is 0 Å². The summed E-state index contributed by atoms with van der Waals surface area (Å²) in [5.74, 6) is -0.906. The van der Waals surface area contributed by atoms with Crippen LogP contribution in [0.2, 0.25) is 0 Å². The van der Waals surface area contributed by atoms with E-state index in [4.69, 9.17) is 0 Å². The maximum Gasteiger partial charge on any atom is 0.184 e. The second-order valence-electron chi connectivity index (χ2n) is 4.80. The Morgan fingerprint density at radius 1 is 1.15 bits per heavy atom. The highest BCUT2D eigenvalue weighted by Gasteiger charge is 2.22. The Morgan fingerprint density at radius 2 is 1.80 bits per heavy atom. The van der Waals surface area contributed by atoms with E-state index in [9.17, 15) is 10.1 Å². The van der Waals surface area contributed by atoms with Gasteiger partial charge in [-0.1, -0.05) is 45.8 Å². The SMILES string of the molecule is Cc1ccc(C(C#N)C(=O)c2ccc(Br)cc2C)cc1. The first-order chi connectivity index (χ1) is 9.52. The van der Waals surface area contributed by atoms with Crippen molar-refractivity contribution in [1.29, 1.82) is 5.26 Å². The fourth-order valence-electron chi connectivity index (χ4n) is 2.10. The average Bonchev–Trinajstić information content (AvgIpc) is 2.41. The number of halogens is 1. The molecule has 0 aliphatic heterocycles. The summed E-state index contributed by atoms with van der Waals surface area (Å²) in [6, 6.07) is 15.1. The van der Waals surface area contributed by atoms with Gasteiger partial charge in [0.15, 0.2) is 5.78 Å². The van der Waals surface area contributed by atoms with E-state index < -0.39 is 5.92 Å². The van der Waals surface area contributed by atoms with Crippen molar-refractivity contribution in [3.8, 4) is 6.07 Å². The van der Waals surface area contributed by atoms with Crippen LogP contribution in [0.4, 0.5) is 0 Å². The first kappa shape index (κ1) is 14.5. The smallest absolute Gasteiger partial charge is 0.184 e. The number of carbonyl (C=O) groups is 1. The van der Waals surface area contributed by atoms with Crippen LogP contribution in [0.5, 0.6) is 0 Å². The van der Waals surface area contributed by atoms with Crippen molar-refractivity contribution in [1.82, 2.24) is 0 Å². The lowest BCUT2D eigenvalue weighted by Gasteiger charge is -2.11. The summed E-state index contributed by atoms with van der Waals surface area (Å²) in [6.07, 6.45) is 0. The van der Waals surface area contributed by atoms with Crippen molar-refractivity contribution in [3.05, 3.63) is 69.2 Å². The van der Waals surface area contributed by atoms with Gasteiger partial charge < -0.3 is 0 Å². The Hall–Kier alpha value is -1.92. The summed E-state index contributed by atoms with van der Waals surface area (Å²) >= 11 is 3.38. The highest BCUT2D eigenvalue weighted by Crippen LogP contribution is 2.24. The van der Waals surface area contributed by atoms with Crippen LogP contribution in [0.1, 0.15) is 33.0 Å². The summed E-state index contributed by atoms with van der Waals surface area (Å²) in [4.78, 5) is 12.6. The van der Waals surface area contributed by atoms with Crippen LogP contribution >= 0.6 is 15.9 Å². The summed E-state index contributed by atoms with van der Waals surface area (Å²) in [6.45, 7) is 3.85. The zero-order valence-corrected chi connectivity index (χ0v) is 12.9. The minimum Gasteiger partial charge on any atom is -0.292 e. The summed E-state index contributed by atoms with van der Waals surface area (Å²) in [7, 11) is 0. The first-order valence-electron chi connectivity index (χ1n) is 6.29. The predicted octanol–water partition coefficient (Wildman–Crippen LogP) is 4.56. The Morgan fingerprint density at radius 3 is 2.35 bits per heavy atom. The van der Waals surface area contributed by atoms with Crippen LogP contribution in [0, 0.1) is 25.2 Å². The summed E-state index contributed by atoms with van der Waals surface area (Å²) in [5.41, 5.74) is 3.32. The number of aryl methyl sites for hydroxylation is 2. The third kappa shape index (κ3) is 2.97. The maximum atomic E-state index is 12.6. The van der Waals surface area contributed by atoms with E-state index in [2.05, 4.69) is 22.0 Å². The number of rotatable bonds is 3. The fraction of sp³-hybridized carbons (Fsp3) is 0.176. The zero-order valence-electron chi connectivity index (χ0n) is 11.4. The molecule has 0 saturated heterocycles. The van der Waals surface area contributed by atoms with Crippen molar-refractivity contribution in [2.24, 2.45) is 0 Å². The maximum absolute atomic E-state index is 12.6. The van der Waals surface area contributed by atoms with Gasteiger partial charge in [-0.25, -0.2) is 0 Å². The molecule has 0 aromatic heterocycles. The molecule has 0 heterocycles. The molecule has 2 nitrogen and oxygen atoms in total. The van der Waals surface area contributed by atoms with Crippen molar-refractivity contribution in [2.75, 3.05) is 0 Å². The van der Waals surface area contributed by atoms with E-state index in [0.29, 0.717) is 5.56 Å². The molecule has 20 heavy (non-hydrogen) atoms. The van der Waals surface area contributed by atoms with E-state index in [1.54, 1.807) is 6.07 Å². The molecule has 0 fully saturated rings. The number of benzene rings is 2. The van der Waals surface area contributed by atoms with Gasteiger partial charge in [-0.05, 0) is 43.2 Å². The number of Topliss-reactive ketones (excluding diaryl/α,β-unsaturated/α-hetero) is 1. The molecule has 0 aliphatic carbocycles. The highest BCUT2D eigenvalue weighted by molar-refractivity contribution is 9.10. The standard InChI is InChI=1S/C17H14BrNO/c1-11-3-5-13(6-4-11)16(10-19)17(20)15-8-7-14(18)9-12(15)2/h3-9,16H,1-2H3. The minimum atomic E-state index is -0.754. The molecule has 2 rings (SSSR count). The molecule has 100 valence electrons. The monoisotopic (exact) mass is 327 g/mol. The van der Waals surface area contributed by atoms with Crippen LogP contribution in [0.15, 0.2) is 46.9 Å². The van der Waals surface area contributed by atoms with Gasteiger partial charge in [0.05, 0.1) is 6.07 Å². The van der Waals surface area contributed by atoms with Gasteiger partial charge in [0, 0.05) is 10.0 Å². The Kier molecular flexibility index (Phi) is 4.36. The van der Waals surface area contributed by atoms with E-state index in [0.717, 1.165) is 21.2 Å². The van der Waals surface area contributed by atoms with E-state index >= 15 is 0 Å². The molecule has 0 N–H and O–H groups in total. The lowest BCUT2D eigenvalue weighted by Crippen LogP contribution is -2.12. The molecule has 0 aliphatic rings. The van der Waals surface area contributed by atoms with Crippen LogP contribution in [-0.2, 0) is 0 Å². The van der Waals surface area contributed by atoms with Crippen molar-refractivity contribution in [2.45, 2.75) is 19.8 Å². The van der Waals surface area contributed by atoms with E-state index in [1.165, 1.54) is 0 Å². The predicted molar refractivity (Wildman–Crippen MR) is 82.7 cm³/mol. The highest BCUT2D eigenvalue weighted by atomic mass is 79.9. The third-order valence-corrected chi connectivity index (χ3v) is 3.75. The molecular weight excluding hydrogens is 314 g/mol. The summed E-state index contributed by atoms with van der Waals surface area (Å²) < 4.78 is 0.926. The van der Waals surface area contributed by atoms with Crippen molar-refractivity contribution in [3.63, 3.8) is 0 Å². The van der Waals surface area contributed by atoms with Gasteiger partial charge in [-0.15, -0.1) is 0 Å². The molecule has 1 unspecified atom stereocenters. The topological polar surface area (TPSA) is 40.9 Å². The van der Waals surface area contributed by atoms with Gasteiger partial charge in [-0.3, -0.25) is 4.79 Å². The number of carbonyl (C=O) groups excluding carboxylic acids is 1. The Balaban J connectivity index is 2.39. The number of hydrogen-bond acceptors (Lipinski definition) is 2. The van der Waals surface area contributed by atoms with Crippen LogP contribution in [0.25, 0.3) is 0 Å². The van der Waals surface area contributed by atoms with Crippen LogP contribution in [-0.4, -0.2) is 5.78 Å². The summed E-state index contributed by atoms with van der Waals surface area (Å²) in [5, 5.41) is 9.35. The average molecular weight is 328 g/mol. The molecular formula is C17H14BrNO. The molecule has 0 spiro atoms. The molecule has 2 aromatic carbocycles. The number of nitrogens with zero attached hydrogens (tertiary/aromatic N) is 1. The fourth-order valence-corrected chi connectivity index (χ4v) is 2.58. The minimum absolute atomic E-state index is 0.152. The molecule has 2 aromatic rings. The normalized spacial score (nSPS) is 11.7. The number of hydrogen-bond donors (Lipinski definition) is 0. The van der Waals surface area contributed by atoms with Gasteiger partial charge in [0.25, 0.3) is 0 Å². The second-order valence-corrected chi connectivity index (χ2v) is 5.71. The van der Waals surface area contributed by atoms with E-state index in [-0.39, 0.29) is 5.78 Å². The van der Waals surface area contributed by atoms with Gasteiger partial charge in [0.2, 0.25) is 0 Å². The number of nitriles is 1. The number of ketones is 1. The van der Waals surface area contributed by atoms with E-state index in [1.807, 2.05) is 50.2 Å². The Bertz CT molecular complexity index is 683. The van der Waals surface area contributed by atoms with Gasteiger partial charge >= 0.3 is 0 Å². The Labute approximate surface area is 127 Å². The largest absolute Gasteiger partial charge is 0.292 e. The van der Waals surface area contributed by atoms with Gasteiger partial charge in [-0.2, -0.15) is 5.26 Å². The zero-order chi connectivity index (χ0) is 14.7. The van der Waals surface area contributed by atoms with Gasteiger partial charge in [0.1, 0.15) is 5.92 Å². The molecule has 0 radical (unpaired) electrons. The molecule has 0 amide bonds. The first-order valence-corrected chi connectivity index (χ1v) is 7.09.